The molecule has 7 rings (SSSR count). The summed E-state index contributed by atoms with van der Waals surface area (Å²) in [5.74, 6) is 0.691. The van der Waals surface area contributed by atoms with E-state index < -0.39 is 12.3 Å². The fourth-order valence-corrected chi connectivity index (χ4v) is 6.23. The number of anilines is 3. The molecule has 5 heterocycles. The molecular weight excluding hydrogens is 615 g/mol. The smallest absolute Gasteiger partial charge is 0.274 e. The Hall–Kier alpha value is -5.13. The van der Waals surface area contributed by atoms with E-state index in [-0.39, 0.29) is 30.2 Å². The molecule has 3 fully saturated rings. The number of carbonyl (C=O) groups excluding carboxylic acids is 1. The van der Waals surface area contributed by atoms with Crippen LogP contribution in [-0.2, 0) is 4.74 Å². The van der Waals surface area contributed by atoms with Crippen LogP contribution in [0.1, 0.15) is 33.7 Å². The van der Waals surface area contributed by atoms with Crippen molar-refractivity contribution in [2.24, 2.45) is 0 Å². The van der Waals surface area contributed by atoms with Gasteiger partial charge in [-0.15, -0.1) is 0 Å². The number of nitrogens with one attached hydrogen (secondary N) is 2. The first-order valence-corrected chi connectivity index (χ1v) is 16.1. The molecule has 2 aromatic heterocycles. The van der Waals surface area contributed by atoms with Gasteiger partial charge in [-0.3, -0.25) is 14.8 Å². The molecule has 4 aromatic rings. The van der Waals surface area contributed by atoms with Gasteiger partial charge < -0.3 is 24.6 Å². The lowest BCUT2D eigenvalue weighted by Crippen LogP contribution is -2.56. The summed E-state index contributed by atoms with van der Waals surface area (Å²) in [4.78, 5) is 32.4. The molecule has 2 N–H and O–H groups in total. The second kappa shape index (κ2) is 13.5. The molecule has 0 radical (unpaired) electrons. The highest BCUT2D eigenvalue weighted by molar-refractivity contribution is 5.94. The fourth-order valence-electron chi connectivity index (χ4n) is 6.23. The molecule has 48 heavy (non-hydrogen) atoms. The number of aromatic amines is 1. The van der Waals surface area contributed by atoms with Gasteiger partial charge in [0.25, 0.3) is 5.91 Å². The lowest BCUT2D eigenvalue weighted by atomic mass is 10.0. The predicted molar refractivity (Wildman–Crippen MR) is 176 cm³/mol. The maximum Gasteiger partial charge on any atom is 0.274 e. The van der Waals surface area contributed by atoms with Crippen molar-refractivity contribution < 1.29 is 18.7 Å². The molecule has 3 saturated heterocycles. The quantitative estimate of drug-likeness (QED) is 0.287. The van der Waals surface area contributed by atoms with Gasteiger partial charge in [0.05, 0.1) is 31.4 Å². The Morgan fingerprint density at radius 1 is 1.08 bits per heavy atom. The van der Waals surface area contributed by atoms with Crippen LogP contribution in [0.3, 0.4) is 0 Å². The minimum atomic E-state index is -1.43. The normalized spacial score (nSPS) is 20.2. The van der Waals surface area contributed by atoms with E-state index in [1.807, 2.05) is 26.0 Å². The third-order valence-corrected chi connectivity index (χ3v) is 9.37. The van der Waals surface area contributed by atoms with Crippen LogP contribution < -0.4 is 15.0 Å². The fraction of sp³-hybridized carbons (Fsp3) is 0.412. The van der Waals surface area contributed by atoms with E-state index in [9.17, 15) is 10.1 Å². The number of nitrogens with zero attached hydrogens (tertiary/aromatic N) is 8. The zero-order chi connectivity index (χ0) is 33.2. The Morgan fingerprint density at radius 3 is 2.54 bits per heavy atom. The highest BCUT2D eigenvalue weighted by Crippen LogP contribution is 2.29. The Balaban J connectivity index is 0.965. The number of aryl methyl sites for hydroxylation is 1. The highest BCUT2D eigenvalue weighted by Gasteiger charge is 2.35. The molecule has 0 aliphatic carbocycles. The number of nitriles is 1. The Labute approximate surface area is 277 Å². The molecule has 0 spiro atoms. The third-order valence-electron chi connectivity index (χ3n) is 9.37. The molecule has 14 heteroatoms. The minimum Gasteiger partial charge on any atom is -0.486 e. The van der Waals surface area contributed by atoms with Crippen molar-refractivity contribution in [1.82, 2.24) is 34.9 Å². The van der Waals surface area contributed by atoms with Crippen molar-refractivity contribution in [2.45, 2.75) is 38.6 Å². The number of H-pyrrole nitrogens is 1. The summed E-state index contributed by atoms with van der Waals surface area (Å²) in [5.41, 5.74) is 4.69. The average molecular weight is 653 g/mol. The number of aromatic nitrogens is 5. The molecule has 1 amide bonds. The summed E-state index contributed by atoms with van der Waals surface area (Å²) in [7, 11) is 0. The second-order valence-electron chi connectivity index (χ2n) is 12.4. The lowest BCUT2D eigenvalue weighted by Gasteiger charge is -2.43. The van der Waals surface area contributed by atoms with Crippen LogP contribution in [0.25, 0.3) is 11.4 Å². The number of carbonyl (C=O) groups is 1. The summed E-state index contributed by atoms with van der Waals surface area (Å²) in [5, 5.41) is 20.0. The Morgan fingerprint density at radius 2 is 1.88 bits per heavy atom. The molecule has 248 valence electrons. The number of hydrogen-bond acceptors (Lipinski definition) is 11. The van der Waals surface area contributed by atoms with Gasteiger partial charge in [0.2, 0.25) is 5.95 Å². The molecule has 0 saturated carbocycles. The largest absolute Gasteiger partial charge is 0.486 e. The van der Waals surface area contributed by atoms with Gasteiger partial charge in [-0.2, -0.15) is 15.3 Å². The zero-order valence-electron chi connectivity index (χ0n) is 26.9. The molecule has 3 aliphatic heterocycles. The monoisotopic (exact) mass is 652 g/mol. The Bertz CT molecular complexity index is 1810. The van der Waals surface area contributed by atoms with Gasteiger partial charge in [0, 0.05) is 67.3 Å². The first-order valence-electron chi connectivity index (χ1n) is 16.1. The topological polar surface area (TPSA) is 148 Å². The van der Waals surface area contributed by atoms with Crippen LogP contribution in [0.2, 0.25) is 0 Å². The van der Waals surface area contributed by atoms with Crippen LogP contribution in [0.5, 0.6) is 5.75 Å². The molecular formula is C34H37FN10O3. The van der Waals surface area contributed by atoms with E-state index in [0.29, 0.717) is 35.6 Å². The van der Waals surface area contributed by atoms with Crippen molar-refractivity contribution in [3.8, 4) is 23.2 Å². The maximum absolute atomic E-state index is 15.3. The number of ether oxygens (including phenoxy) is 2. The summed E-state index contributed by atoms with van der Waals surface area (Å²) in [6.07, 6.45) is -0.548. The van der Waals surface area contributed by atoms with E-state index in [1.54, 1.807) is 18.2 Å². The van der Waals surface area contributed by atoms with Crippen molar-refractivity contribution in [3.05, 3.63) is 71.3 Å². The second-order valence-corrected chi connectivity index (χ2v) is 12.4. The number of halogens is 1. The van der Waals surface area contributed by atoms with Gasteiger partial charge in [-0.25, -0.2) is 14.4 Å². The molecule has 2 aromatic carbocycles. The molecule has 3 aliphatic rings. The molecule has 2 atom stereocenters. The minimum absolute atomic E-state index is 0.119. The zero-order valence-corrected chi connectivity index (χ0v) is 26.9. The predicted octanol–water partition coefficient (Wildman–Crippen LogP) is 3.65. The van der Waals surface area contributed by atoms with E-state index in [0.717, 1.165) is 56.3 Å². The summed E-state index contributed by atoms with van der Waals surface area (Å²) < 4.78 is 26.6. The van der Waals surface area contributed by atoms with E-state index >= 15 is 4.39 Å². The van der Waals surface area contributed by atoms with Gasteiger partial charge >= 0.3 is 0 Å². The highest BCUT2D eigenvalue weighted by atomic mass is 19.1. The number of benzene rings is 2. The Kier molecular flexibility index (Phi) is 8.88. The van der Waals surface area contributed by atoms with Crippen LogP contribution in [0, 0.1) is 25.2 Å². The van der Waals surface area contributed by atoms with Crippen molar-refractivity contribution >= 4 is 23.2 Å². The van der Waals surface area contributed by atoms with Crippen molar-refractivity contribution in [3.63, 3.8) is 0 Å². The van der Waals surface area contributed by atoms with Gasteiger partial charge in [-0.05, 0) is 56.3 Å². The average Bonchev–Trinajstić information content (AvgIpc) is 3.42. The van der Waals surface area contributed by atoms with Crippen LogP contribution in [0.15, 0.2) is 48.8 Å². The van der Waals surface area contributed by atoms with Crippen molar-refractivity contribution in [1.29, 1.82) is 5.26 Å². The number of piperazine rings is 1. The number of rotatable bonds is 8. The first kappa shape index (κ1) is 31.5. The standard InChI is InChI=1S/C34H37FN10O3/c1-21-22(2)41-42-31(21)33(46)45-10-9-30(28(35)17-45)48-29-8-3-23(15-24(29)16-36)32-37-20-38-34(40-32)39-25-4-6-26(7-5-25)43-11-13-44(14-12-43)27-18-47-19-27/h3-8,15,20,27-28,30H,9-14,17-19H2,1-2H3,(H,41,42)(H,37,38,39,40). The number of piperidine rings is 1. The lowest BCUT2D eigenvalue weighted by molar-refractivity contribution is -0.0660. The SMILES string of the molecule is Cc1[nH]nc(C(=O)N2CCC(Oc3ccc(-c4ncnc(Nc5ccc(N6CCN(C7COC7)CC6)cc5)n4)cc3C#N)C(F)C2)c1C. The maximum atomic E-state index is 15.3. The number of alkyl halides is 1. The van der Waals surface area contributed by atoms with E-state index in [2.05, 4.69) is 58.5 Å². The molecule has 13 nitrogen and oxygen atoms in total. The number of likely N-dealkylation sites (tertiary alicyclic amines) is 1. The van der Waals surface area contributed by atoms with Crippen LogP contribution >= 0.6 is 0 Å². The van der Waals surface area contributed by atoms with Gasteiger partial charge in [0.15, 0.2) is 17.7 Å². The molecule has 0 bridgehead atoms. The van der Waals surface area contributed by atoms with Crippen molar-refractivity contribution in [2.75, 3.05) is 62.7 Å². The van der Waals surface area contributed by atoms with Gasteiger partial charge in [0.1, 0.15) is 24.3 Å². The van der Waals surface area contributed by atoms with E-state index in [1.165, 1.54) is 16.9 Å². The number of amides is 1. The number of hydrogen-bond donors (Lipinski definition) is 2. The summed E-state index contributed by atoms with van der Waals surface area (Å²) in [6, 6.07) is 15.9. The first-order chi connectivity index (χ1) is 23.4. The molecule has 2 unspecified atom stereocenters. The van der Waals surface area contributed by atoms with Crippen LogP contribution in [-0.4, -0.2) is 112 Å². The third kappa shape index (κ3) is 6.51. The van der Waals surface area contributed by atoms with Gasteiger partial charge in [-0.1, -0.05) is 0 Å². The van der Waals surface area contributed by atoms with Crippen LogP contribution in [0.4, 0.5) is 21.7 Å². The van der Waals surface area contributed by atoms with E-state index in [4.69, 9.17) is 9.47 Å². The summed E-state index contributed by atoms with van der Waals surface area (Å²) in [6.45, 7) is 9.56. The summed E-state index contributed by atoms with van der Waals surface area (Å²) >= 11 is 0.